The summed E-state index contributed by atoms with van der Waals surface area (Å²) in [4.78, 5) is 41.8. The third kappa shape index (κ3) is 8.06. The maximum atomic E-state index is 13.8. The summed E-state index contributed by atoms with van der Waals surface area (Å²) in [6.45, 7) is 6.15. The topological polar surface area (TPSA) is 108 Å². The molecule has 3 amide bonds. The first-order valence-electron chi connectivity index (χ1n) is 14.2. The van der Waals surface area contributed by atoms with E-state index in [-0.39, 0.29) is 18.2 Å². The van der Waals surface area contributed by atoms with Gasteiger partial charge < -0.3 is 25.4 Å². The van der Waals surface area contributed by atoms with Crippen LogP contribution in [0.5, 0.6) is 5.75 Å². The number of thioether (sulfide) groups is 1. The van der Waals surface area contributed by atoms with Gasteiger partial charge in [-0.3, -0.25) is 14.4 Å². The van der Waals surface area contributed by atoms with Crippen LogP contribution in [0.4, 0.5) is 0 Å². The lowest BCUT2D eigenvalue weighted by atomic mass is 9.97. The van der Waals surface area contributed by atoms with Crippen molar-refractivity contribution in [1.82, 2.24) is 15.5 Å². The van der Waals surface area contributed by atoms with E-state index in [0.717, 1.165) is 16.7 Å². The lowest BCUT2D eigenvalue weighted by Gasteiger charge is -2.33. The van der Waals surface area contributed by atoms with Crippen LogP contribution < -0.4 is 15.4 Å². The highest BCUT2D eigenvalue weighted by atomic mass is 32.2. The number of methoxy groups -OCH3 is 1. The summed E-state index contributed by atoms with van der Waals surface area (Å²) in [5, 5.41) is 17.2. The van der Waals surface area contributed by atoms with Crippen LogP contribution in [0.25, 0.3) is 6.08 Å². The van der Waals surface area contributed by atoms with Crippen molar-refractivity contribution in [2.24, 2.45) is 0 Å². The number of carbonyl (C=O) groups is 3. The molecule has 1 aliphatic rings. The van der Waals surface area contributed by atoms with Gasteiger partial charge in [-0.2, -0.15) is 0 Å². The van der Waals surface area contributed by atoms with Gasteiger partial charge in [-0.1, -0.05) is 72.8 Å². The number of rotatable bonds is 11. The van der Waals surface area contributed by atoms with E-state index in [1.807, 2.05) is 93.6 Å². The maximum absolute atomic E-state index is 13.8. The van der Waals surface area contributed by atoms with Crippen LogP contribution in [0.3, 0.4) is 0 Å². The summed E-state index contributed by atoms with van der Waals surface area (Å²) in [7, 11) is 1.55. The summed E-state index contributed by atoms with van der Waals surface area (Å²) in [6, 6.07) is 22.7. The van der Waals surface area contributed by atoms with E-state index in [2.05, 4.69) is 10.6 Å². The monoisotopic (exact) mass is 601 g/mol. The minimum Gasteiger partial charge on any atom is -0.496 e. The molecule has 43 heavy (non-hydrogen) atoms. The Labute approximate surface area is 257 Å². The second kappa shape index (κ2) is 14.4. The van der Waals surface area contributed by atoms with Crippen molar-refractivity contribution in [2.75, 3.05) is 13.0 Å². The van der Waals surface area contributed by atoms with Crippen LogP contribution in [0.1, 0.15) is 36.1 Å². The van der Waals surface area contributed by atoms with E-state index >= 15 is 0 Å². The first-order chi connectivity index (χ1) is 20.6. The molecular weight excluding hydrogens is 562 g/mol. The van der Waals surface area contributed by atoms with Gasteiger partial charge in [0.15, 0.2) is 6.10 Å². The summed E-state index contributed by atoms with van der Waals surface area (Å²) in [6.07, 6.45) is 1.61. The Balaban J connectivity index is 1.52. The number of ether oxygens (including phenoxy) is 1. The van der Waals surface area contributed by atoms with Crippen molar-refractivity contribution < 1.29 is 24.2 Å². The lowest BCUT2D eigenvalue weighted by Crippen LogP contribution is -2.58. The average Bonchev–Trinajstić information content (AvgIpc) is 3.33. The Morgan fingerprint density at radius 1 is 1.05 bits per heavy atom. The molecule has 226 valence electrons. The first kappa shape index (κ1) is 31.8. The highest BCUT2D eigenvalue weighted by molar-refractivity contribution is 8.00. The van der Waals surface area contributed by atoms with Gasteiger partial charge in [0.05, 0.1) is 19.0 Å². The van der Waals surface area contributed by atoms with Crippen LogP contribution in [-0.4, -0.2) is 63.6 Å². The predicted octanol–water partition coefficient (Wildman–Crippen LogP) is 4.10. The standard InChI is InChI=1S/C34H39N3O5S/c1-23-12-8-9-16-26(23)21-35-32(40)31-34(2,3)43-22-37(31)33(41)30(39)27(20-24-13-6-5-7-14-24)36-29(38)19-18-25-15-10-11-17-28(25)42-4/h5-19,27,30-31,39H,20-22H2,1-4H3,(H,35,40)(H,36,38)/b19-18+. The quantitative estimate of drug-likeness (QED) is 0.286. The highest BCUT2D eigenvalue weighted by Gasteiger charge is 2.49. The summed E-state index contributed by atoms with van der Waals surface area (Å²) in [5.41, 5.74) is 3.61. The number of aliphatic hydroxyl groups excluding tert-OH is 1. The summed E-state index contributed by atoms with van der Waals surface area (Å²) >= 11 is 1.48. The van der Waals surface area contributed by atoms with Crippen molar-refractivity contribution in [3.05, 3.63) is 107 Å². The van der Waals surface area contributed by atoms with Crippen LogP contribution in [0.2, 0.25) is 0 Å². The molecule has 3 N–H and O–H groups in total. The molecule has 0 radical (unpaired) electrons. The fraction of sp³-hybridized carbons (Fsp3) is 0.324. The molecular formula is C34H39N3O5S. The van der Waals surface area contributed by atoms with Crippen molar-refractivity contribution in [1.29, 1.82) is 0 Å². The zero-order chi connectivity index (χ0) is 31.0. The zero-order valence-corrected chi connectivity index (χ0v) is 25.8. The SMILES string of the molecule is COc1ccccc1/C=C/C(=O)NC(Cc1ccccc1)C(O)C(=O)N1CSC(C)(C)C1C(=O)NCc1ccccc1C. The minimum atomic E-state index is -1.58. The minimum absolute atomic E-state index is 0.219. The van der Waals surface area contributed by atoms with Crippen molar-refractivity contribution in [2.45, 2.75) is 56.7 Å². The first-order valence-corrected chi connectivity index (χ1v) is 15.2. The van der Waals surface area contributed by atoms with Crippen LogP contribution in [0.15, 0.2) is 84.9 Å². The van der Waals surface area contributed by atoms with E-state index in [9.17, 15) is 19.5 Å². The second-order valence-corrected chi connectivity index (χ2v) is 12.7. The summed E-state index contributed by atoms with van der Waals surface area (Å²) < 4.78 is 4.77. The van der Waals surface area contributed by atoms with Gasteiger partial charge in [-0.25, -0.2) is 0 Å². The van der Waals surface area contributed by atoms with Gasteiger partial charge in [0.25, 0.3) is 5.91 Å². The number of benzene rings is 3. The molecule has 4 rings (SSSR count). The molecule has 1 aliphatic heterocycles. The van der Waals surface area contributed by atoms with Gasteiger partial charge in [-0.05, 0) is 56.0 Å². The number of nitrogens with one attached hydrogen (secondary N) is 2. The molecule has 0 bridgehead atoms. The van der Waals surface area contributed by atoms with Crippen LogP contribution >= 0.6 is 11.8 Å². The largest absolute Gasteiger partial charge is 0.496 e. The number of para-hydroxylation sites is 1. The molecule has 1 saturated heterocycles. The Morgan fingerprint density at radius 2 is 1.72 bits per heavy atom. The molecule has 3 aromatic rings. The van der Waals surface area contributed by atoms with Crippen molar-refractivity contribution in [3.63, 3.8) is 0 Å². The van der Waals surface area contributed by atoms with Gasteiger partial charge in [0.2, 0.25) is 11.8 Å². The predicted molar refractivity (Wildman–Crippen MR) is 170 cm³/mol. The maximum Gasteiger partial charge on any atom is 0.254 e. The van der Waals surface area contributed by atoms with Gasteiger partial charge in [0.1, 0.15) is 11.8 Å². The average molecular weight is 602 g/mol. The zero-order valence-electron chi connectivity index (χ0n) is 24.9. The van der Waals surface area contributed by atoms with E-state index < -0.39 is 34.7 Å². The van der Waals surface area contributed by atoms with Gasteiger partial charge in [0, 0.05) is 22.9 Å². The van der Waals surface area contributed by atoms with E-state index in [1.165, 1.54) is 22.7 Å². The molecule has 1 fully saturated rings. The third-order valence-corrected chi connectivity index (χ3v) is 8.98. The number of amides is 3. The van der Waals surface area contributed by atoms with Crippen LogP contribution in [-0.2, 0) is 27.3 Å². The van der Waals surface area contributed by atoms with E-state index in [4.69, 9.17) is 4.74 Å². The lowest BCUT2D eigenvalue weighted by molar-refractivity contribution is -0.147. The highest BCUT2D eigenvalue weighted by Crippen LogP contribution is 2.40. The normalized spacial score (nSPS) is 17.3. The Morgan fingerprint density at radius 3 is 2.44 bits per heavy atom. The number of hydrogen-bond acceptors (Lipinski definition) is 6. The molecule has 9 heteroatoms. The van der Waals surface area contributed by atoms with Gasteiger partial charge >= 0.3 is 0 Å². The number of aliphatic hydroxyl groups is 1. The molecule has 3 atom stereocenters. The number of aryl methyl sites for hydroxylation is 1. The molecule has 0 aromatic heterocycles. The Bertz CT molecular complexity index is 1460. The van der Waals surface area contributed by atoms with Gasteiger partial charge in [-0.15, -0.1) is 11.8 Å². The van der Waals surface area contributed by atoms with E-state index in [1.54, 1.807) is 19.3 Å². The number of carbonyl (C=O) groups excluding carboxylic acids is 3. The number of hydrogen-bond donors (Lipinski definition) is 3. The second-order valence-electron chi connectivity index (χ2n) is 11.1. The molecule has 0 spiro atoms. The fourth-order valence-corrected chi connectivity index (χ4v) is 6.29. The van der Waals surface area contributed by atoms with E-state index in [0.29, 0.717) is 17.9 Å². The molecule has 3 aromatic carbocycles. The summed E-state index contributed by atoms with van der Waals surface area (Å²) in [5.74, 6) is -0.512. The molecule has 0 saturated carbocycles. The molecule has 1 heterocycles. The third-order valence-electron chi connectivity index (χ3n) is 7.61. The van der Waals surface area contributed by atoms with Crippen LogP contribution in [0, 0.1) is 6.92 Å². The Hall–Kier alpha value is -4.08. The Kier molecular flexibility index (Phi) is 10.7. The molecule has 8 nitrogen and oxygen atoms in total. The molecule has 0 aliphatic carbocycles. The smallest absolute Gasteiger partial charge is 0.254 e. The fourth-order valence-electron chi connectivity index (χ4n) is 5.15. The van der Waals surface area contributed by atoms with Crippen molar-refractivity contribution in [3.8, 4) is 5.75 Å². The van der Waals surface area contributed by atoms with Crippen molar-refractivity contribution >= 4 is 35.6 Å². The number of nitrogens with zero attached hydrogens (tertiary/aromatic N) is 1. The molecule has 3 unspecified atom stereocenters.